The summed E-state index contributed by atoms with van der Waals surface area (Å²) in [5.41, 5.74) is 11.6. The molecule has 0 radical (unpaired) electrons. The molecular weight excluding hydrogens is 398 g/mol. The maximum absolute atomic E-state index is 13.4. The number of rotatable bonds is 2. The number of hydrogen-bond donors (Lipinski definition) is 2. The minimum Gasteiger partial charge on any atom is -0.399 e. The molecule has 1 aliphatic heterocycles. The van der Waals surface area contributed by atoms with E-state index >= 15 is 0 Å². The van der Waals surface area contributed by atoms with Crippen molar-refractivity contribution in [2.24, 2.45) is 0 Å². The van der Waals surface area contributed by atoms with Crippen molar-refractivity contribution in [3.05, 3.63) is 64.3 Å². The molecule has 5 rings (SSSR count). The van der Waals surface area contributed by atoms with Gasteiger partial charge in [0.15, 0.2) is 15.6 Å². The average Bonchev–Trinajstić information content (AvgIpc) is 3.08. The molecule has 6 nitrogen and oxygen atoms in total. The third-order valence-electron chi connectivity index (χ3n) is 6.52. The number of carbonyl (C=O) groups is 1. The summed E-state index contributed by atoms with van der Waals surface area (Å²) in [6, 6.07) is 11.6. The molecule has 0 unspecified atom stereocenters. The summed E-state index contributed by atoms with van der Waals surface area (Å²) in [7, 11) is -2.90. The van der Waals surface area contributed by atoms with Crippen LogP contribution in [0.25, 0.3) is 10.9 Å². The normalized spacial score (nSPS) is 20.1. The molecule has 1 aromatic heterocycles. The molecule has 0 amide bonds. The number of nitrogens with two attached hydrogens (primary N) is 1. The molecule has 3 aromatic rings. The lowest BCUT2D eigenvalue weighted by atomic mass is 9.71. The number of aromatic amines is 1. The van der Waals surface area contributed by atoms with Crippen LogP contribution < -0.4 is 5.73 Å². The van der Waals surface area contributed by atoms with Crippen LogP contribution in [0.1, 0.15) is 46.6 Å². The Morgan fingerprint density at radius 2 is 1.83 bits per heavy atom. The van der Waals surface area contributed by atoms with Crippen molar-refractivity contribution in [2.45, 2.75) is 25.8 Å². The van der Waals surface area contributed by atoms with Gasteiger partial charge in [-0.25, -0.2) is 8.42 Å². The summed E-state index contributed by atoms with van der Waals surface area (Å²) >= 11 is 0. The van der Waals surface area contributed by atoms with Gasteiger partial charge in [0, 0.05) is 52.9 Å². The maximum atomic E-state index is 13.4. The zero-order valence-electron chi connectivity index (χ0n) is 17.2. The predicted molar refractivity (Wildman–Crippen MR) is 119 cm³/mol. The van der Waals surface area contributed by atoms with Crippen LogP contribution in [0.15, 0.2) is 36.4 Å². The second-order valence-corrected chi connectivity index (χ2v) is 11.2. The van der Waals surface area contributed by atoms with E-state index in [1.807, 2.05) is 30.3 Å². The van der Waals surface area contributed by atoms with Crippen LogP contribution in [0.4, 0.5) is 5.69 Å². The highest BCUT2D eigenvalue weighted by Gasteiger charge is 2.39. The number of hydrogen-bond acceptors (Lipinski definition) is 5. The highest BCUT2D eigenvalue weighted by molar-refractivity contribution is 7.91. The SMILES string of the molecule is CC1(C)c2cc(CN3CCS(=O)(=O)CC3)ccc2C(=O)c2c1[nH]c1cc(N)ccc21. The van der Waals surface area contributed by atoms with Crippen molar-refractivity contribution in [3.63, 3.8) is 0 Å². The van der Waals surface area contributed by atoms with E-state index in [0.717, 1.165) is 38.9 Å². The van der Waals surface area contributed by atoms with Crippen molar-refractivity contribution in [1.29, 1.82) is 0 Å². The summed E-state index contributed by atoms with van der Waals surface area (Å²) in [4.78, 5) is 19.0. The standard InChI is InChI=1S/C23H25N3O3S/c1-23(2)18-11-14(13-26-7-9-30(28,29)10-8-26)3-5-16(18)21(27)20-17-6-4-15(24)12-19(17)25-22(20)23/h3-6,11-12,25H,7-10,13,24H2,1-2H3. The molecular formula is C23H25N3O3S. The second-order valence-electron chi connectivity index (χ2n) is 8.94. The molecule has 0 bridgehead atoms. The van der Waals surface area contributed by atoms with Gasteiger partial charge >= 0.3 is 0 Å². The van der Waals surface area contributed by atoms with Gasteiger partial charge in [-0.05, 0) is 23.3 Å². The lowest BCUT2D eigenvalue weighted by molar-refractivity contribution is 0.103. The molecule has 2 aliphatic rings. The molecule has 7 heteroatoms. The number of sulfone groups is 1. The molecule has 1 fully saturated rings. The summed E-state index contributed by atoms with van der Waals surface area (Å²) in [6.45, 7) is 6.05. The Kier molecular flexibility index (Phi) is 4.14. The van der Waals surface area contributed by atoms with Crippen molar-refractivity contribution < 1.29 is 13.2 Å². The van der Waals surface area contributed by atoms with E-state index in [0.29, 0.717) is 25.3 Å². The summed E-state index contributed by atoms with van der Waals surface area (Å²) in [5, 5.41) is 0.904. The summed E-state index contributed by atoms with van der Waals surface area (Å²) in [6.07, 6.45) is 0. The monoisotopic (exact) mass is 423 g/mol. The minimum absolute atomic E-state index is 0.0333. The number of benzene rings is 2. The largest absolute Gasteiger partial charge is 0.399 e. The van der Waals surface area contributed by atoms with Crippen LogP contribution in [0.3, 0.4) is 0 Å². The van der Waals surface area contributed by atoms with Gasteiger partial charge < -0.3 is 10.7 Å². The number of nitrogens with one attached hydrogen (secondary N) is 1. The van der Waals surface area contributed by atoms with Crippen molar-refractivity contribution in [2.75, 3.05) is 30.3 Å². The van der Waals surface area contributed by atoms with E-state index in [1.165, 1.54) is 0 Å². The number of H-pyrrole nitrogens is 1. The molecule has 1 saturated heterocycles. The minimum atomic E-state index is -2.90. The topological polar surface area (TPSA) is 96.3 Å². The number of nitrogens with zero attached hydrogens (tertiary/aromatic N) is 1. The molecule has 2 heterocycles. The summed E-state index contributed by atoms with van der Waals surface area (Å²) in [5.74, 6) is 0.457. The number of anilines is 1. The lowest BCUT2D eigenvalue weighted by Gasteiger charge is -2.33. The van der Waals surface area contributed by atoms with Crippen molar-refractivity contribution >= 4 is 32.2 Å². The first-order valence-corrected chi connectivity index (χ1v) is 12.0. The molecule has 0 spiro atoms. The van der Waals surface area contributed by atoms with Gasteiger partial charge in [-0.2, -0.15) is 0 Å². The molecule has 30 heavy (non-hydrogen) atoms. The van der Waals surface area contributed by atoms with E-state index in [-0.39, 0.29) is 22.7 Å². The Bertz CT molecular complexity index is 1290. The quantitative estimate of drug-likeness (QED) is 0.618. The van der Waals surface area contributed by atoms with E-state index in [2.05, 4.69) is 29.8 Å². The van der Waals surface area contributed by atoms with Gasteiger partial charge in [-0.15, -0.1) is 0 Å². The van der Waals surface area contributed by atoms with E-state index in [1.54, 1.807) is 0 Å². The maximum Gasteiger partial charge on any atom is 0.195 e. The first kappa shape index (κ1) is 19.3. The van der Waals surface area contributed by atoms with Crippen molar-refractivity contribution in [1.82, 2.24) is 9.88 Å². The third-order valence-corrected chi connectivity index (χ3v) is 8.13. The van der Waals surface area contributed by atoms with E-state index in [9.17, 15) is 13.2 Å². The van der Waals surface area contributed by atoms with Crippen LogP contribution >= 0.6 is 0 Å². The van der Waals surface area contributed by atoms with Crippen LogP contribution in [0, 0.1) is 0 Å². The lowest BCUT2D eigenvalue weighted by Crippen LogP contribution is -2.39. The Morgan fingerprint density at radius 1 is 1.10 bits per heavy atom. The number of carbonyl (C=O) groups excluding carboxylic acids is 1. The zero-order chi connectivity index (χ0) is 21.3. The fraction of sp³-hybridized carbons (Fsp3) is 0.348. The van der Waals surface area contributed by atoms with Gasteiger partial charge in [-0.1, -0.05) is 38.1 Å². The Balaban J connectivity index is 1.54. The van der Waals surface area contributed by atoms with Gasteiger partial charge in [-0.3, -0.25) is 9.69 Å². The number of ketones is 1. The highest BCUT2D eigenvalue weighted by Crippen LogP contribution is 2.44. The number of aromatic nitrogens is 1. The Labute approximate surface area is 176 Å². The predicted octanol–water partition coefficient (Wildman–Crippen LogP) is 2.85. The van der Waals surface area contributed by atoms with Crippen LogP contribution in [0.2, 0.25) is 0 Å². The van der Waals surface area contributed by atoms with Gasteiger partial charge in [0.05, 0.1) is 17.1 Å². The first-order valence-electron chi connectivity index (χ1n) is 10.2. The molecule has 2 aromatic carbocycles. The number of nitrogen functional groups attached to an aromatic ring is 1. The number of fused-ring (bicyclic) bond motifs is 4. The van der Waals surface area contributed by atoms with Crippen molar-refractivity contribution in [3.8, 4) is 0 Å². The molecule has 3 N–H and O–H groups in total. The average molecular weight is 424 g/mol. The second kappa shape index (κ2) is 6.43. The van der Waals surface area contributed by atoms with Crippen LogP contribution in [-0.2, 0) is 21.8 Å². The molecule has 0 saturated carbocycles. The van der Waals surface area contributed by atoms with E-state index < -0.39 is 9.84 Å². The smallest absolute Gasteiger partial charge is 0.195 e. The fourth-order valence-electron chi connectivity index (χ4n) is 4.76. The van der Waals surface area contributed by atoms with Gasteiger partial charge in [0.2, 0.25) is 0 Å². The summed E-state index contributed by atoms with van der Waals surface area (Å²) < 4.78 is 23.4. The first-order chi connectivity index (χ1) is 14.2. The zero-order valence-corrected chi connectivity index (χ0v) is 18.0. The van der Waals surface area contributed by atoms with Crippen LogP contribution in [-0.4, -0.2) is 48.7 Å². The van der Waals surface area contributed by atoms with E-state index in [4.69, 9.17) is 5.73 Å². The van der Waals surface area contributed by atoms with Gasteiger partial charge in [0.25, 0.3) is 0 Å². The van der Waals surface area contributed by atoms with Gasteiger partial charge in [0.1, 0.15) is 0 Å². The van der Waals surface area contributed by atoms with Crippen LogP contribution in [0.5, 0.6) is 0 Å². The fourth-order valence-corrected chi connectivity index (χ4v) is 6.04. The third kappa shape index (κ3) is 2.96. The molecule has 1 aliphatic carbocycles. The molecule has 156 valence electrons. The highest BCUT2D eigenvalue weighted by atomic mass is 32.2. The molecule has 0 atom stereocenters. The Morgan fingerprint density at radius 3 is 2.57 bits per heavy atom. The Hall–Kier alpha value is -2.64.